The lowest BCUT2D eigenvalue weighted by atomic mass is 10.1. The Morgan fingerprint density at radius 3 is 2.02 bits per heavy atom. The zero-order valence-electron chi connectivity index (χ0n) is 62.2. The van der Waals surface area contributed by atoms with Gasteiger partial charge in [0.05, 0.1) is 82.5 Å². The van der Waals surface area contributed by atoms with Crippen LogP contribution >= 0.6 is 0 Å². The highest BCUT2D eigenvalue weighted by Crippen LogP contribution is 2.15. The number of carbonyl (C=O) groups is 13. The van der Waals surface area contributed by atoms with Gasteiger partial charge in [-0.3, -0.25) is 76.8 Å². The van der Waals surface area contributed by atoms with Gasteiger partial charge in [0, 0.05) is 86.5 Å². The van der Waals surface area contributed by atoms with Crippen LogP contribution in [0.3, 0.4) is 0 Å². The average molecular weight is 1620 g/mol. The van der Waals surface area contributed by atoms with Crippen molar-refractivity contribution < 1.29 is 101 Å². The van der Waals surface area contributed by atoms with Crippen LogP contribution in [-0.4, -0.2) is 274 Å². The van der Waals surface area contributed by atoms with Gasteiger partial charge >= 0.3 is 5.97 Å². The molecule has 1 aliphatic rings. The first-order valence-corrected chi connectivity index (χ1v) is 36.1. The molecule has 115 heavy (non-hydrogen) atoms. The van der Waals surface area contributed by atoms with E-state index in [1.807, 2.05) is 0 Å². The second kappa shape index (κ2) is 46.4. The number of nitrogens with one attached hydrogen (secondary N) is 15. The number of ether oxygens (including phenoxy) is 3. The van der Waals surface area contributed by atoms with Crippen molar-refractivity contribution in [3.63, 3.8) is 0 Å². The summed E-state index contributed by atoms with van der Waals surface area (Å²) < 4.78 is 33.7. The molecule has 1 aromatic carbocycles. The fraction of sp³-hybridized carbons (Fsp3) is 0.507. The third kappa shape index (κ3) is 30.4. The van der Waals surface area contributed by atoms with E-state index < -0.39 is 182 Å². The molecule has 6 aromatic rings. The molecule has 6 heterocycles. The zero-order valence-corrected chi connectivity index (χ0v) is 62.2. The smallest absolute Gasteiger partial charge is 0.326 e. The number of carbonyl (C=O) groups excluding carboxylic acids is 12. The summed E-state index contributed by atoms with van der Waals surface area (Å²) in [7, 11) is 0. The highest BCUT2D eigenvalue weighted by Gasteiger charge is 2.37. The number of H-pyrrole nitrogens is 3. The number of primary amides is 1. The van der Waals surface area contributed by atoms with Gasteiger partial charge in [0.2, 0.25) is 65.0 Å². The van der Waals surface area contributed by atoms with Crippen molar-refractivity contribution in [1.82, 2.24) is 113 Å². The summed E-state index contributed by atoms with van der Waals surface area (Å²) in [5.74, 6) is -8.82. The standard InChI is InChI=1S/C67H93FN26O21/c1-35(96)52-63(107)89-54(68)65(109)83-43(58(102)75-15-17-112-18-19-113-20-21-114-31-51(99)81-42(55(69)100)6-2-4-14-74-50(98)32-115-71)7-3-5-16-94-29-40(92-93-94)24-45(59(103)85-46(22-38-25-72-33-78-38)60(104)87-48(30-95)62(106)86-47(61(105)88-52)23-39-26-73-34-79-39)82-49(97)13-12-44(66(110)111)84-57(101)36-8-10-37(11-9-36)76-27-41-28-77-56-53(80-41)64(108)91-67(70)90-56/h8-11,25-26,28-29,33-35,42-48,52,54,76,95-96H,2-7,12-24,27,30-32,71H2,1H3,(H2,69,100)(H,72,78)(H,73,79)(H,74,98)(H,75,102)(H,81,99)(H,82,97)(H,83,109)(H,84,101)(H,85,103)(H,86,106)(H,87,104)(H,88,105)(H,89,107)(H,110,111)(H3,70,77,90,91,108)/t35-,42-,43-,44-,45-,46+,47+,48+,52+,54-/m0/s1. The number of aliphatic carboxylic acids is 1. The number of hydrogen-bond acceptors (Lipinski definition) is 30. The lowest BCUT2D eigenvalue weighted by Gasteiger charge is -2.27. The van der Waals surface area contributed by atoms with E-state index in [0.717, 1.165) is 6.92 Å². The Balaban J connectivity index is 1.01. The maximum Gasteiger partial charge on any atom is 0.326 e. The molecule has 1 aliphatic heterocycles. The number of nitrogens with two attached hydrogens (primary N) is 3. The molecule has 5 aromatic heterocycles. The summed E-state index contributed by atoms with van der Waals surface area (Å²) in [5.41, 5.74) is 11.8. The molecule has 0 unspecified atom stereocenters. The molecule has 0 saturated heterocycles. The molecule has 10 atom stereocenters. The minimum atomic E-state index is -2.93. The van der Waals surface area contributed by atoms with Crippen molar-refractivity contribution in [3.8, 4) is 0 Å². The number of nitrogen functional groups attached to an aromatic ring is 1. The van der Waals surface area contributed by atoms with E-state index in [1.165, 1.54) is 66.4 Å². The molecule has 0 fully saturated rings. The number of aliphatic hydroxyl groups is 2. The van der Waals surface area contributed by atoms with E-state index in [1.54, 1.807) is 5.32 Å². The highest BCUT2D eigenvalue weighted by atomic mass is 19.1. The van der Waals surface area contributed by atoms with Crippen LogP contribution < -0.4 is 86.7 Å². The van der Waals surface area contributed by atoms with Gasteiger partial charge in [-0.05, 0) is 76.1 Å². The van der Waals surface area contributed by atoms with Gasteiger partial charge in [0.25, 0.3) is 23.7 Å². The molecule has 7 rings (SSSR count). The fourth-order valence-corrected chi connectivity index (χ4v) is 11.1. The van der Waals surface area contributed by atoms with Crippen LogP contribution in [0.15, 0.2) is 66.5 Å². The van der Waals surface area contributed by atoms with Crippen molar-refractivity contribution in [1.29, 1.82) is 0 Å². The van der Waals surface area contributed by atoms with Crippen LogP contribution in [0.1, 0.15) is 91.4 Å². The molecule has 624 valence electrons. The number of benzene rings is 1. The largest absolute Gasteiger partial charge is 0.480 e. The van der Waals surface area contributed by atoms with E-state index in [9.17, 15) is 82.4 Å². The molecule has 48 heteroatoms. The summed E-state index contributed by atoms with van der Waals surface area (Å²) in [6.07, 6.45) is 1.85. The van der Waals surface area contributed by atoms with Crippen molar-refractivity contribution in [2.45, 2.75) is 151 Å². The number of carboxylic acids is 1. The first-order valence-electron chi connectivity index (χ1n) is 36.1. The summed E-state index contributed by atoms with van der Waals surface area (Å²) in [4.78, 5) is 219. The van der Waals surface area contributed by atoms with Crippen LogP contribution in [0.5, 0.6) is 0 Å². The monoisotopic (exact) mass is 1620 g/mol. The van der Waals surface area contributed by atoms with Crippen molar-refractivity contribution in [2.75, 3.05) is 77.0 Å². The number of carboxylic acid groups (broad SMARTS) is 1. The Hall–Kier alpha value is -12.6. The maximum atomic E-state index is 16.0. The van der Waals surface area contributed by atoms with Crippen molar-refractivity contribution >= 4 is 99.7 Å². The van der Waals surface area contributed by atoms with Gasteiger partial charge in [-0.2, -0.15) is 4.98 Å². The normalized spacial score (nSPS) is 19.1. The van der Waals surface area contributed by atoms with Crippen LogP contribution in [-0.2, 0) is 109 Å². The quantitative estimate of drug-likeness (QED) is 0.00978. The molecule has 47 nitrogen and oxygen atoms in total. The minimum absolute atomic E-state index is 0.00697. The summed E-state index contributed by atoms with van der Waals surface area (Å²) in [6, 6.07) is -7.39. The number of unbranched alkanes of at least 4 members (excludes halogenated alkanes) is 1. The van der Waals surface area contributed by atoms with Crippen LogP contribution in [0.25, 0.3) is 11.2 Å². The van der Waals surface area contributed by atoms with E-state index in [4.69, 9.17) is 31.6 Å². The van der Waals surface area contributed by atoms with Gasteiger partial charge in [-0.1, -0.05) is 5.21 Å². The maximum absolute atomic E-state index is 16.0. The van der Waals surface area contributed by atoms with Crippen LogP contribution in [0.2, 0.25) is 0 Å². The number of aromatic amines is 3. The van der Waals surface area contributed by atoms with E-state index in [0.29, 0.717) is 24.2 Å². The van der Waals surface area contributed by atoms with E-state index in [-0.39, 0.29) is 138 Å². The molecule has 0 saturated carbocycles. The predicted molar refractivity (Wildman–Crippen MR) is 393 cm³/mol. The number of hydrogen-bond donors (Lipinski definition) is 21. The number of nitrogens with zero attached hydrogens (tertiary/aromatic N) is 8. The Morgan fingerprint density at radius 2 is 1.37 bits per heavy atom. The third-order valence-electron chi connectivity index (χ3n) is 17.0. The van der Waals surface area contributed by atoms with E-state index >= 15 is 4.39 Å². The van der Waals surface area contributed by atoms with Gasteiger partial charge in [-0.25, -0.2) is 35.0 Å². The second-order valence-electron chi connectivity index (χ2n) is 25.9. The Kier molecular flexibility index (Phi) is 36.1. The molecule has 0 radical (unpaired) electrons. The highest BCUT2D eigenvalue weighted by molar-refractivity contribution is 5.99. The Labute approximate surface area is 652 Å². The van der Waals surface area contributed by atoms with Crippen molar-refractivity contribution in [3.05, 3.63) is 100 Å². The number of alkyl halides is 1. The number of aliphatic hydroxyl groups excluding tert-OH is 2. The number of halogens is 1. The molecule has 12 amide bonds. The molecule has 0 spiro atoms. The zero-order chi connectivity index (χ0) is 83.3. The fourth-order valence-electron chi connectivity index (χ4n) is 11.1. The lowest BCUT2D eigenvalue weighted by molar-refractivity contribution is -0.140. The summed E-state index contributed by atoms with van der Waals surface area (Å²) in [6.45, 7) is -0.659. The van der Waals surface area contributed by atoms with Gasteiger partial charge < -0.3 is 115 Å². The van der Waals surface area contributed by atoms with Gasteiger partial charge in [0.15, 0.2) is 11.2 Å². The second-order valence-corrected chi connectivity index (χ2v) is 25.9. The SMILES string of the molecule is C[C@H](O)[C@H]1NC(=O)[C@@H](Cc2cnc[nH]2)NC(=O)[C@@H](CO)NC(=O)[C@@H](Cc2cnc[nH]2)NC(=O)[C@@H](NC(=O)CC[C@H](NC(=O)c2ccc(NCc3cnc4nc(N)[nH]c(=O)c4n3)cc2)C(=O)O)Cc2cn(nn2)CCCC[C@@H](C(=O)NCCOCCOCCOCC(=O)N[C@@H](CCCCNC(=O)CON)C(N)=O)NC(=O)[C@@H](F)NC1=O. The molecular formula is C67H93FN26O21. The number of amides is 12. The predicted octanol–water partition coefficient (Wildman–Crippen LogP) is -8.17. The third-order valence-corrected chi connectivity index (χ3v) is 17.0. The lowest BCUT2D eigenvalue weighted by Crippen LogP contribution is -2.62. The molecule has 0 aliphatic carbocycles. The number of aromatic nitrogens is 11. The number of imidazole rings is 2. The number of fused-ring (bicyclic) bond motifs is 3. The summed E-state index contributed by atoms with van der Waals surface area (Å²) in [5, 5.41) is 69.1. The topological polar surface area (TPSA) is 702 Å². The Morgan fingerprint density at radius 1 is 0.704 bits per heavy atom. The van der Waals surface area contributed by atoms with Crippen molar-refractivity contribution in [2.24, 2.45) is 11.6 Å². The number of aryl methyl sites for hydroxylation is 1. The van der Waals surface area contributed by atoms with Crippen LogP contribution in [0.4, 0.5) is 16.0 Å². The molecule has 24 N–H and O–H groups in total. The molecule has 2 bridgehead atoms. The minimum Gasteiger partial charge on any atom is -0.480 e. The summed E-state index contributed by atoms with van der Waals surface area (Å²) >= 11 is 0. The average Bonchev–Trinajstić information content (AvgIpc) is 1.78. The first-order chi connectivity index (χ1) is 55.2. The number of rotatable bonds is 37. The van der Waals surface area contributed by atoms with Crippen LogP contribution in [0, 0.1) is 0 Å². The first kappa shape index (κ1) is 89.6. The Bertz CT molecular complexity index is 4310. The van der Waals surface area contributed by atoms with Gasteiger partial charge in [-0.15, -0.1) is 5.10 Å². The molecular weight excluding hydrogens is 1520 g/mol. The number of anilines is 2. The van der Waals surface area contributed by atoms with Gasteiger partial charge in [0.1, 0.15) is 61.5 Å². The van der Waals surface area contributed by atoms with E-state index in [2.05, 4.69) is 114 Å².